The van der Waals surface area contributed by atoms with E-state index < -0.39 is 5.97 Å². The van der Waals surface area contributed by atoms with Gasteiger partial charge in [0.15, 0.2) is 5.69 Å². The Balaban J connectivity index is 2.70. The van der Waals surface area contributed by atoms with Crippen molar-refractivity contribution in [1.29, 1.82) is 0 Å². The minimum Gasteiger partial charge on any atom is -0.476 e. The highest BCUT2D eigenvalue weighted by molar-refractivity contribution is 6.02. The zero-order chi connectivity index (χ0) is 12.4. The van der Waals surface area contributed by atoms with Gasteiger partial charge in [0, 0.05) is 19.5 Å². The smallest absolute Gasteiger partial charge is 0.358 e. The number of rotatable bonds is 3. The van der Waals surface area contributed by atoms with Gasteiger partial charge in [0.1, 0.15) is 0 Å². The van der Waals surface area contributed by atoms with Gasteiger partial charge in [-0.15, -0.1) is 10.2 Å². The van der Waals surface area contributed by atoms with Crippen molar-refractivity contribution >= 4 is 22.6 Å². The van der Waals surface area contributed by atoms with E-state index in [0.717, 1.165) is 5.39 Å². The summed E-state index contributed by atoms with van der Waals surface area (Å²) in [4.78, 5) is 11.1. The van der Waals surface area contributed by atoms with Crippen LogP contribution in [0.25, 0.3) is 10.9 Å². The highest BCUT2D eigenvalue weighted by Gasteiger charge is 2.16. The van der Waals surface area contributed by atoms with Gasteiger partial charge in [0.25, 0.3) is 0 Å². The average Bonchev–Trinajstić information content (AvgIpc) is 2.28. The molecule has 0 saturated carbocycles. The quantitative estimate of drug-likeness (QED) is 0.774. The van der Waals surface area contributed by atoms with Crippen LogP contribution in [0.4, 0.5) is 5.69 Å². The number of aromatic nitrogens is 2. The molecule has 6 heteroatoms. The van der Waals surface area contributed by atoms with Gasteiger partial charge in [0.05, 0.1) is 11.2 Å². The number of benzene rings is 1. The number of hydrogen-bond donors (Lipinski definition) is 2. The first-order valence-electron chi connectivity index (χ1n) is 5.02. The summed E-state index contributed by atoms with van der Waals surface area (Å²) in [5, 5.41) is 19.1. The zero-order valence-electron chi connectivity index (χ0n) is 9.51. The van der Waals surface area contributed by atoms with Crippen LogP contribution >= 0.6 is 0 Å². The number of fused-ring (bicyclic) bond motifs is 1. The van der Waals surface area contributed by atoms with Gasteiger partial charge in [-0.25, -0.2) is 9.80 Å². The molecule has 6 nitrogen and oxygen atoms in total. The molecule has 0 saturated heterocycles. The van der Waals surface area contributed by atoms with Gasteiger partial charge in [-0.3, -0.25) is 0 Å². The number of nitrogens with zero attached hydrogens (tertiary/aromatic N) is 3. The van der Waals surface area contributed by atoms with Crippen molar-refractivity contribution in [2.75, 3.05) is 19.5 Å². The van der Waals surface area contributed by atoms with Crippen LogP contribution in [0, 0.1) is 0 Å². The van der Waals surface area contributed by atoms with Gasteiger partial charge in [0.2, 0.25) is 0 Å². The van der Waals surface area contributed by atoms with Crippen molar-refractivity contribution in [2.45, 2.75) is 0 Å². The normalized spacial score (nSPS) is 10.8. The lowest BCUT2D eigenvalue weighted by atomic mass is 10.1. The molecule has 0 bridgehead atoms. The van der Waals surface area contributed by atoms with E-state index in [2.05, 4.69) is 15.6 Å². The van der Waals surface area contributed by atoms with Crippen molar-refractivity contribution < 1.29 is 9.90 Å². The molecule has 2 aromatic rings. The first-order chi connectivity index (χ1) is 8.09. The van der Waals surface area contributed by atoms with Crippen LogP contribution in [0.1, 0.15) is 10.5 Å². The summed E-state index contributed by atoms with van der Waals surface area (Å²) in [6.45, 7) is 0. The number of nitrogens with one attached hydrogen (secondary N) is 1. The first kappa shape index (κ1) is 11.3. The van der Waals surface area contributed by atoms with Crippen molar-refractivity contribution in [3.63, 3.8) is 0 Å². The molecule has 0 radical (unpaired) electrons. The zero-order valence-corrected chi connectivity index (χ0v) is 9.51. The summed E-state index contributed by atoms with van der Waals surface area (Å²) in [6.07, 6.45) is 0. The predicted molar refractivity (Wildman–Crippen MR) is 63.8 cm³/mol. The molecule has 1 aromatic carbocycles. The topological polar surface area (TPSA) is 78.4 Å². The molecule has 1 heterocycles. The molecule has 0 atom stereocenters. The number of carboxylic acids is 1. The Morgan fingerprint density at radius 2 is 2.00 bits per heavy atom. The van der Waals surface area contributed by atoms with Crippen molar-refractivity contribution in [3.8, 4) is 0 Å². The number of carboxylic acid groups (broad SMARTS) is 1. The molecular formula is C11H12N4O2. The lowest BCUT2D eigenvalue weighted by Gasteiger charge is -2.16. The molecule has 0 amide bonds. The fourth-order valence-corrected chi connectivity index (χ4v) is 1.54. The third-order valence-corrected chi connectivity index (χ3v) is 2.21. The maximum Gasteiger partial charge on any atom is 0.358 e. The van der Waals surface area contributed by atoms with Crippen LogP contribution < -0.4 is 5.43 Å². The van der Waals surface area contributed by atoms with E-state index in [4.69, 9.17) is 5.11 Å². The summed E-state index contributed by atoms with van der Waals surface area (Å²) < 4.78 is 0. The molecular weight excluding hydrogens is 220 g/mol. The van der Waals surface area contributed by atoms with E-state index in [1.807, 2.05) is 18.2 Å². The molecule has 0 aliphatic rings. The second kappa shape index (κ2) is 4.34. The molecule has 1 aromatic heterocycles. The SMILES string of the molecule is CN(C)Nc1c(C(=O)O)nnc2ccccc12. The summed E-state index contributed by atoms with van der Waals surface area (Å²) in [5.41, 5.74) is 3.97. The fourth-order valence-electron chi connectivity index (χ4n) is 1.54. The minimum atomic E-state index is -1.10. The monoisotopic (exact) mass is 232 g/mol. The van der Waals surface area contributed by atoms with Gasteiger partial charge in [-0.1, -0.05) is 18.2 Å². The standard InChI is InChI=1S/C11H12N4O2/c1-15(2)14-9-7-5-3-4-6-8(7)12-13-10(9)11(16)17/h3-6H,1-2H3,(H,12,14)(H,16,17). The second-order valence-corrected chi connectivity index (χ2v) is 3.75. The van der Waals surface area contributed by atoms with Crippen molar-refractivity contribution in [3.05, 3.63) is 30.0 Å². The molecule has 0 spiro atoms. The second-order valence-electron chi connectivity index (χ2n) is 3.75. The molecule has 0 fully saturated rings. The Labute approximate surface area is 97.9 Å². The van der Waals surface area contributed by atoms with E-state index in [1.54, 1.807) is 25.2 Å². The number of hydrogen-bond acceptors (Lipinski definition) is 5. The van der Waals surface area contributed by atoms with Gasteiger partial charge < -0.3 is 10.5 Å². The minimum absolute atomic E-state index is 0.0857. The third kappa shape index (κ3) is 2.16. The molecule has 0 aliphatic heterocycles. The average molecular weight is 232 g/mol. The summed E-state index contributed by atoms with van der Waals surface area (Å²) in [7, 11) is 3.56. The molecule has 88 valence electrons. The van der Waals surface area contributed by atoms with Gasteiger partial charge in [-0.05, 0) is 6.07 Å². The summed E-state index contributed by atoms with van der Waals surface area (Å²) in [5.74, 6) is -1.10. The lowest BCUT2D eigenvalue weighted by molar-refractivity contribution is 0.0690. The molecule has 0 unspecified atom stereocenters. The summed E-state index contributed by atoms with van der Waals surface area (Å²) in [6, 6.07) is 7.25. The Morgan fingerprint density at radius 1 is 1.29 bits per heavy atom. The van der Waals surface area contributed by atoms with Crippen molar-refractivity contribution in [1.82, 2.24) is 15.2 Å². The third-order valence-electron chi connectivity index (χ3n) is 2.21. The van der Waals surface area contributed by atoms with Crippen molar-refractivity contribution in [2.24, 2.45) is 0 Å². The number of carbonyl (C=O) groups is 1. The number of hydrazine groups is 1. The predicted octanol–water partition coefficient (Wildman–Crippen LogP) is 1.22. The van der Waals surface area contributed by atoms with E-state index in [0.29, 0.717) is 11.2 Å². The molecule has 2 N–H and O–H groups in total. The summed E-state index contributed by atoms with van der Waals surface area (Å²) >= 11 is 0. The van der Waals surface area contributed by atoms with Gasteiger partial charge >= 0.3 is 5.97 Å². The van der Waals surface area contributed by atoms with Crippen LogP contribution in [0.3, 0.4) is 0 Å². The fraction of sp³-hybridized carbons (Fsp3) is 0.182. The molecule has 0 aliphatic carbocycles. The Kier molecular flexibility index (Phi) is 2.88. The Bertz CT molecular complexity index is 568. The van der Waals surface area contributed by atoms with E-state index in [-0.39, 0.29) is 5.69 Å². The van der Waals surface area contributed by atoms with Crippen LogP contribution in [-0.2, 0) is 0 Å². The van der Waals surface area contributed by atoms with Crippen LogP contribution in [0.5, 0.6) is 0 Å². The maximum atomic E-state index is 11.1. The highest BCUT2D eigenvalue weighted by Crippen LogP contribution is 2.24. The number of aromatic carboxylic acids is 1. The van der Waals surface area contributed by atoms with E-state index in [1.165, 1.54) is 0 Å². The van der Waals surface area contributed by atoms with E-state index in [9.17, 15) is 4.79 Å². The lowest BCUT2D eigenvalue weighted by Crippen LogP contribution is -2.22. The highest BCUT2D eigenvalue weighted by atomic mass is 16.4. The van der Waals surface area contributed by atoms with Crippen LogP contribution in [0.2, 0.25) is 0 Å². The van der Waals surface area contributed by atoms with Crippen LogP contribution in [0.15, 0.2) is 24.3 Å². The van der Waals surface area contributed by atoms with E-state index >= 15 is 0 Å². The Morgan fingerprint density at radius 3 is 2.65 bits per heavy atom. The molecule has 17 heavy (non-hydrogen) atoms. The molecule has 2 rings (SSSR count). The Hall–Kier alpha value is -2.21. The van der Waals surface area contributed by atoms with Crippen LogP contribution in [-0.4, -0.2) is 40.4 Å². The van der Waals surface area contributed by atoms with Gasteiger partial charge in [-0.2, -0.15) is 0 Å². The largest absolute Gasteiger partial charge is 0.476 e. The first-order valence-corrected chi connectivity index (χ1v) is 5.02. The number of anilines is 1. The maximum absolute atomic E-state index is 11.1.